The van der Waals surface area contributed by atoms with Crippen molar-refractivity contribution < 1.29 is 23.1 Å². The van der Waals surface area contributed by atoms with Crippen molar-refractivity contribution in [2.75, 3.05) is 0 Å². The summed E-state index contributed by atoms with van der Waals surface area (Å²) in [4.78, 5) is 13.2. The lowest BCUT2D eigenvalue weighted by molar-refractivity contribution is 0.0683. The van der Waals surface area contributed by atoms with Gasteiger partial charge in [-0.1, -0.05) is 0 Å². The van der Waals surface area contributed by atoms with Crippen LogP contribution in [0.4, 0.5) is 13.2 Å². The Labute approximate surface area is 70.8 Å². The van der Waals surface area contributed by atoms with E-state index in [1.807, 2.05) is 0 Å². The number of hydrogen-bond donors (Lipinski definition) is 1. The zero-order valence-electron chi connectivity index (χ0n) is 6.17. The van der Waals surface area contributed by atoms with Crippen LogP contribution in [0.1, 0.15) is 22.6 Å². The summed E-state index contributed by atoms with van der Waals surface area (Å²) < 4.78 is 36.5. The second-order valence-electron chi connectivity index (χ2n) is 2.17. The number of hydrogen-bond acceptors (Lipinski definition) is 2. The maximum atomic E-state index is 12.6. The van der Waals surface area contributed by atoms with Gasteiger partial charge in [-0.15, -0.1) is 0 Å². The lowest BCUT2D eigenvalue weighted by Crippen LogP contribution is -2.06. The smallest absolute Gasteiger partial charge is 0.357 e. The normalized spacial score (nSPS) is 10.5. The van der Waals surface area contributed by atoms with E-state index in [-0.39, 0.29) is 0 Å². The second-order valence-corrected chi connectivity index (χ2v) is 2.17. The first-order valence-electron chi connectivity index (χ1n) is 3.20. The average molecular weight is 191 g/mol. The second kappa shape index (κ2) is 3.42. The Hall–Kier alpha value is -1.59. The number of carboxylic acids is 1. The minimum atomic E-state index is -2.90. The van der Waals surface area contributed by atoms with Gasteiger partial charge in [0.05, 0.1) is 0 Å². The molecule has 0 aliphatic carbocycles. The number of alkyl halides is 2. The molecule has 0 saturated carbocycles. The molecule has 0 saturated heterocycles. The monoisotopic (exact) mass is 191 g/mol. The first-order valence-corrected chi connectivity index (χ1v) is 3.20. The Bertz CT molecular complexity index is 341. The topological polar surface area (TPSA) is 50.2 Å². The predicted molar refractivity (Wildman–Crippen MR) is 36.1 cm³/mol. The number of pyridine rings is 1. The fourth-order valence-electron chi connectivity index (χ4n) is 0.729. The number of rotatable bonds is 2. The van der Waals surface area contributed by atoms with Crippen LogP contribution in [0.2, 0.25) is 0 Å². The molecule has 0 unspecified atom stereocenters. The number of carboxylic acid groups (broad SMARTS) is 1. The number of aromatic carboxylic acids is 1. The number of halogens is 3. The molecule has 0 spiro atoms. The molecule has 1 rings (SSSR count). The van der Waals surface area contributed by atoms with E-state index in [1.54, 1.807) is 0 Å². The summed E-state index contributed by atoms with van der Waals surface area (Å²) in [5.41, 5.74) is -1.74. The van der Waals surface area contributed by atoms with Crippen molar-refractivity contribution in [3.8, 4) is 0 Å². The molecule has 1 N–H and O–H groups in total. The Morgan fingerprint density at radius 1 is 1.46 bits per heavy atom. The molecule has 1 aromatic heterocycles. The van der Waals surface area contributed by atoms with E-state index in [4.69, 9.17) is 5.11 Å². The van der Waals surface area contributed by atoms with Gasteiger partial charge in [-0.25, -0.2) is 22.9 Å². The van der Waals surface area contributed by atoms with Crippen LogP contribution in [0.3, 0.4) is 0 Å². The summed E-state index contributed by atoms with van der Waals surface area (Å²) in [6.07, 6.45) is -2.90. The Kier molecular flexibility index (Phi) is 2.50. The van der Waals surface area contributed by atoms with Crippen LogP contribution in [-0.2, 0) is 0 Å². The van der Waals surface area contributed by atoms with E-state index in [2.05, 4.69) is 4.98 Å². The molecular weight excluding hydrogens is 187 g/mol. The van der Waals surface area contributed by atoms with Crippen molar-refractivity contribution in [3.05, 3.63) is 29.3 Å². The van der Waals surface area contributed by atoms with Gasteiger partial charge in [0.15, 0.2) is 11.5 Å². The van der Waals surface area contributed by atoms with E-state index in [0.717, 1.165) is 6.07 Å². The molecule has 70 valence electrons. The van der Waals surface area contributed by atoms with Crippen LogP contribution in [0.15, 0.2) is 12.1 Å². The van der Waals surface area contributed by atoms with E-state index >= 15 is 0 Å². The summed E-state index contributed by atoms with van der Waals surface area (Å²) in [5.74, 6) is -2.79. The predicted octanol–water partition coefficient (Wildman–Crippen LogP) is 1.86. The van der Waals surface area contributed by atoms with Crippen molar-refractivity contribution in [1.82, 2.24) is 4.98 Å². The Morgan fingerprint density at radius 2 is 2.08 bits per heavy atom. The van der Waals surface area contributed by atoms with Crippen molar-refractivity contribution in [2.24, 2.45) is 0 Å². The summed E-state index contributed by atoms with van der Waals surface area (Å²) in [5, 5.41) is 8.32. The molecule has 3 nitrogen and oxygen atoms in total. The first kappa shape index (κ1) is 9.50. The summed E-state index contributed by atoms with van der Waals surface area (Å²) >= 11 is 0. The molecule has 13 heavy (non-hydrogen) atoms. The zero-order valence-corrected chi connectivity index (χ0v) is 6.17. The molecule has 0 aromatic carbocycles. The molecule has 1 aromatic rings. The minimum absolute atomic E-state index is 0.651. The Morgan fingerprint density at radius 3 is 2.54 bits per heavy atom. The highest BCUT2D eigenvalue weighted by Gasteiger charge is 2.16. The lowest BCUT2D eigenvalue weighted by Gasteiger charge is -2.00. The maximum absolute atomic E-state index is 12.6. The number of carbonyl (C=O) groups is 1. The fraction of sp³-hybridized carbons (Fsp3) is 0.143. The van der Waals surface area contributed by atoms with Crippen LogP contribution in [0.25, 0.3) is 0 Å². The van der Waals surface area contributed by atoms with Crippen LogP contribution in [-0.4, -0.2) is 16.1 Å². The molecule has 0 radical (unpaired) electrons. The first-order chi connectivity index (χ1) is 6.02. The summed E-state index contributed by atoms with van der Waals surface area (Å²) in [7, 11) is 0. The van der Waals surface area contributed by atoms with Gasteiger partial charge < -0.3 is 5.11 Å². The molecule has 0 bridgehead atoms. The Balaban J connectivity index is 3.19. The van der Waals surface area contributed by atoms with Crippen LogP contribution in [0, 0.1) is 5.82 Å². The third kappa shape index (κ3) is 1.95. The minimum Gasteiger partial charge on any atom is -0.476 e. The van der Waals surface area contributed by atoms with Crippen LogP contribution < -0.4 is 0 Å². The van der Waals surface area contributed by atoms with E-state index < -0.39 is 29.6 Å². The van der Waals surface area contributed by atoms with Crippen molar-refractivity contribution >= 4 is 5.97 Å². The molecule has 0 amide bonds. The van der Waals surface area contributed by atoms with E-state index in [1.165, 1.54) is 0 Å². The van der Waals surface area contributed by atoms with Gasteiger partial charge >= 0.3 is 5.97 Å². The molecule has 1 heterocycles. The van der Waals surface area contributed by atoms with Gasteiger partial charge in [0, 0.05) is 0 Å². The van der Waals surface area contributed by atoms with Crippen LogP contribution >= 0.6 is 0 Å². The standard InChI is InChI=1S/C7H4F3NO2/c8-3-1-2-4(6(9)10)11-5(3)7(12)13/h1-2,6H,(H,12,13). The zero-order chi connectivity index (χ0) is 10.0. The van der Waals surface area contributed by atoms with Crippen LogP contribution in [0.5, 0.6) is 0 Å². The highest BCUT2D eigenvalue weighted by Crippen LogP contribution is 2.17. The molecule has 6 heteroatoms. The van der Waals surface area contributed by atoms with Gasteiger partial charge in [-0.2, -0.15) is 0 Å². The maximum Gasteiger partial charge on any atom is 0.357 e. The molecule has 0 atom stereocenters. The summed E-state index contributed by atoms with van der Waals surface area (Å²) in [6.45, 7) is 0. The van der Waals surface area contributed by atoms with Gasteiger partial charge in [0.2, 0.25) is 0 Å². The van der Waals surface area contributed by atoms with E-state index in [0.29, 0.717) is 6.07 Å². The highest BCUT2D eigenvalue weighted by molar-refractivity contribution is 5.85. The van der Waals surface area contributed by atoms with Gasteiger partial charge in [-0.3, -0.25) is 0 Å². The third-order valence-electron chi connectivity index (χ3n) is 1.29. The molecule has 0 aliphatic heterocycles. The van der Waals surface area contributed by atoms with Gasteiger partial charge in [-0.05, 0) is 12.1 Å². The van der Waals surface area contributed by atoms with Gasteiger partial charge in [0.1, 0.15) is 5.69 Å². The third-order valence-corrected chi connectivity index (χ3v) is 1.29. The SMILES string of the molecule is O=C(O)c1nc(C(F)F)ccc1F. The van der Waals surface area contributed by atoms with Crippen molar-refractivity contribution in [3.63, 3.8) is 0 Å². The number of aromatic nitrogens is 1. The van der Waals surface area contributed by atoms with Crippen molar-refractivity contribution in [2.45, 2.75) is 6.43 Å². The fourth-order valence-corrected chi connectivity index (χ4v) is 0.729. The van der Waals surface area contributed by atoms with Crippen molar-refractivity contribution in [1.29, 1.82) is 0 Å². The average Bonchev–Trinajstić information content (AvgIpc) is 2.04. The molecular formula is C7H4F3NO2. The highest BCUT2D eigenvalue weighted by atomic mass is 19.3. The molecule has 0 aliphatic rings. The van der Waals surface area contributed by atoms with Gasteiger partial charge in [0.25, 0.3) is 6.43 Å². The largest absolute Gasteiger partial charge is 0.476 e. The lowest BCUT2D eigenvalue weighted by atomic mass is 10.3. The van der Waals surface area contributed by atoms with E-state index in [9.17, 15) is 18.0 Å². The summed E-state index contributed by atoms with van der Waals surface area (Å²) in [6, 6.07) is 1.39. The number of nitrogens with zero attached hydrogens (tertiary/aromatic N) is 1. The molecule has 0 fully saturated rings. The quantitative estimate of drug-likeness (QED) is 0.776.